The summed E-state index contributed by atoms with van der Waals surface area (Å²) in [4.78, 5) is 49.7. The summed E-state index contributed by atoms with van der Waals surface area (Å²) in [5.74, 6) is -6.16. The summed E-state index contributed by atoms with van der Waals surface area (Å²) < 4.78 is 39.5. The van der Waals surface area contributed by atoms with Crippen molar-refractivity contribution in [3.63, 3.8) is 0 Å². The van der Waals surface area contributed by atoms with Crippen molar-refractivity contribution < 1.29 is 42.6 Å². The van der Waals surface area contributed by atoms with Gasteiger partial charge in [-0.1, -0.05) is 13.8 Å². The predicted molar refractivity (Wildman–Crippen MR) is 137 cm³/mol. The molecular weight excluding hydrogens is 541 g/mol. The zero-order valence-electron chi connectivity index (χ0n) is 22.7. The van der Waals surface area contributed by atoms with Gasteiger partial charge >= 0.3 is 18.1 Å². The van der Waals surface area contributed by atoms with Gasteiger partial charge in [0.05, 0.1) is 17.3 Å². The van der Waals surface area contributed by atoms with Gasteiger partial charge in [-0.2, -0.15) is 13.2 Å². The molecule has 3 fully saturated rings. The molecule has 3 aliphatic carbocycles. The Kier molecular flexibility index (Phi) is 9.55. The van der Waals surface area contributed by atoms with E-state index in [9.17, 15) is 42.6 Å². The maximum Gasteiger partial charge on any atom is 0.391 e. The number of nitrogens with one attached hydrogen (secondary N) is 2. The van der Waals surface area contributed by atoms with Crippen molar-refractivity contribution in [2.75, 3.05) is 0 Å². The molecule has 0 bridgehead atoms. The number of hydrogen-bond donors (Lipinski definition) is 4. The van der Waals surface area contributed by atoms with E-state index in [1.165, 1.54) is 0 Å². The van der Waals surface area contributed by atoms with E-state index < -0.39 is 69.9 Å². The Hall–Kier alpha value is -2.04. The number of carboxylic acid groups (broad SMARTS) is 2. The average Bonchev–Trinajstić information content (AvgIpc) is 3.08. The van der Waals surface area contributed by atoms with Crippen LogP contribution < -0.4 is 10.6 Å². The number of aliphatic carboxylic acids is 2. The van der Waals surface area contributed by atoms with E-state index in [2.05, 4.69) is 10.6 Å². The van der Waals surface area contributed by atoms with Gasteiger partial charge in [0.15, 0.2) is 0 Å². The van der Waals surface area contributed by atoms with Gasteiger partial charge in [-0.15, -0.1) is 11.6 Å². The third kappa shape index (κ3) is 6.82. The van der Waals surface area contributed by atoms with Gasteiger partial charge in [0.25, 0.3) is 0 Å². The van der Waals surface area contributed by atoms with E-state index in [-0.39, 0.29) is 37.6 Å². The first kappa shape index (κ1) is 31.5. The molecule has 39 heavy (non-hydrogen) atoms. The first-order chi connectivity index (χ1) is 18.0. The third-order valence-electron chi connectivity index (χ3n) is 9.96. The number of carboxylic acids is 2. The van der Waals surface area contributed by atoms with Gasteiger partial charge in [-0.25, -0.2) is 4.79 Å². The summed E-state index contributed by atoms with van der Waals surface area (Å²) in [5.41, 5.74) is -1.95. The summed E-state index contributed by atoms with van der Waals surface area (Å²) in [6.07, 6.45) is -1.46. The second-order valence-electron chi connectivity index (χ2n) is 12.5. The first-order valence-electron chi connectivity index (χ1n) is 13.7. The molecule has 2 amide bonds. The number of alkyl halides is 4. The molecule has 3 saturated carbocycles. The molecule has 3 aliphatic rings. The minimum absolute atomic E-state index is 0.0227. The van der Waals surface area contributed by atoms with Crippen LogP contribution in [0.5, 0.6) is 0 Å². The maximum absolute atomic E-state index is 13.2. The molecule has 3 unspecified atom stereocenters. The maximum atomic E-state index is 13.2. The third-order valence-corrected chi connectivity index (χ3v) is 10.5. The number of halogens is 4. The number of carbonyl (C=O) groups excluding carboxylic acids is 2. The average molecular weight is 581 g/mol. The van der Waals surface area contributed by atoms with Gasteiger partial charge < -0.3 is 20.8 Å². The molecule has 4 N–H and O–H groups in total. The second-order valence-corrected chi connectivity index (χ2v) is 13.0. The van der Waals surface area contributed by atoms with Crippen molar-refractivity contribution in [1.29, 1.82) is 0 Å². The summed E-state index contributed by atoms with van der Waals surface area (Å²) in [5, 5.41) is 24.3. The zero-order valence-corrected chi connectivity index (χ0v) is 23.4. The Morgan fingerprint density at radius 2 is 1.56 bits per heavy atom. The fourth-order valence-electron chi connectivity index (χ4n) is 6.72. The Morgan fingerprint density at radius 1 is 0.949 bits per heavy atom. The van der Waals surface area contributed by atoms with Crippen LogP contribution in [0, 0.1) is 34.5 Å². The topological polar surface area (TPSA) is 133 Å². The van der Waals surface area contributed by atoms with Crippen LogP contribution in [0.1, 0.15) is 85.0 Å². The van der Waals surface area contributed by atoms with Crippen LogP contribution in [0.2, 0.25) is 0 Å². The van der Waals surface area contributed by atoms with Crippen LogP contribution in [0.15, 0.2) is 0 Å². The molecule has 0 heterocycles. The minimum atomic E-state index is -4.35. The zero-order chi connectivity index (χ0) is 29.3. The lowest BCUT2D eigenvalue weighted by Gasteiger charge is -2.38. The van der Waals surface area contributed by atoms with Crippen LogP contribution in [0.25, 0.3) is 0 Å². The van der Waals surface area contributed by atoms with E-state index in [0.29, 0.717) is 38.5 Å². The molecule has 0 saturated heterocycles. The largest absolute Gasteiger partial charge is 0.481 e. The van der Waals surface area contributed by atoms with Crippen molar-refractivity contribution in [1.82, 2.24) is 10.6 Å². The number of rotatable bonds is 8. The van der Waals surface area contributed by atoms with E-state index in [0.717, 1.165) is 0 Å². The summed E-state index contributed by atoms with van der Waals surface area (Å²) in [6, 6.07) is -1.35. The van der Waals surface area contributed by atoms with Gasteiger partial charge in [0.1, 0.15) is 6.04 Å². The monoisotopic (exact) mass is 580 g/mol. The van der Waals surface area contributed by atoms with Crippen LogP contribution in [0.4, 0.5) is 13.2 Å². The lowest BCUT2D eigenvalue weighted by molar-refractivity contribution is -0.186. The molecule has 0 aliphatic heterocycles. The highest BCUT2D eigenvalue weighted by atomic mass is 35.5. The van der Waals surface area contributed by atoms with Crippen LogP contribution in [0.3, 0.4) is 0 Å². The molecule has 0 aromatic rings. The number of amides is 2. The van der Waals surface area contributed by atoms with Gasteiger partial charge in [-0.05, 0) is 82.5 Å². The van der Waals surface area contributed by atoms with Gasteiger partial charge in [0.2, 0.25) is 11.8 Å². The molecule has 0 radical (unpaired) electrons. The second kappa shape index (κ2) is 11.8. The smallest absolute Gasteiger partial charge is 0.391 e. The highest BCUT2D eigenvalue weighted by Gasteiger charge is 2.58. The highest BCUT2D eigenvalue weighted by Crippen LogP contribution is 2.56. The van der Waals surface area contributed by atoms with E-state index in [1.807, 2.05) is 0 Å². The molecule has 0 aromatic carbocycles. The Morgan fingerprint density at radius 3 is 2.08 bits per heavy atom. The molecule has 6 atom stereocenters. The lowest BCUT2D eigenvalue weighted by atomic mass is 9.65. The predicted octanol–water partition coefficient (Wildman–Crippen LogP) is 4.73. The molecule has 8 nitrogen and oxygen atoms in total. The van der Waals surface area contributed by atoms with Gasteiger partial charge in [0, 0.05) is 17.3 Å². The van der Waals surface area contributed by atoms with E-state index in [1.54, 1.807) is 20.8 Å². The lowest BCUT2D eigenvalue weighted by Crippen LogP contribution is -2.50. The SMILES string of the molecule is CC1(C)[C@@H](C(=O)N[C@@H](CC2CCC(NC(=O)C3CC(C(F)(F)F)CCC3Cl)CC2)C(=O)O)CC[C@@]1(C)C(=O)O. The molecular formula is C27H40ClF3N2O6. The fourth-order valence-corrected chi connectivity index (χ4v) is 7.07. The molecule has 12 heteroatoms. The van der Waals surface area contributed by atoms with Crippen LogP contribution in [-0.4, -0.2) is 57.6 Å². The number of hydrogen-bond acceptors (Lipinski definition) is 4. The quantitative estimate of drug-likeness (QED) is 0.307. The van der Waals surface area contributed by atoms with Crippen molar-refractivity contribution in [2.45, 2.75) is 109 Å². The Balaban J connectivity index is 1.51. The van der Waals surface area contributed by atoms with Crippen molar-refractivity contribution in [3.05, 3.63) is 0 Å². The van der Waals surface area contributed by atoms with Crippen molar-refractivity contribution in [2.24, 2.45) is 34.5 Å². The molecule has 222 valence electrons. The summed E-state index contributed by atoms with van der Waals surface area (Å²) in [6.45, 7) is 5.07. The fraction of sp³-hybridized carbons (Fsp3) is 0.852. The first-order valence-corrected chi connectivity index (χ1v) is 14.2. The van der Waals surface area contributed by atoms with Crippen LogP contribution >= 0.6 is 11.6 Å². The Labute approximate surface area is 231 Å². The van der Waals surface area contributed by atoms with Crippen LogP contribution in [-0.2, 0) is 19.2 Å². The summed E-state index contributed by atoms with van der Waals surface area (Å²) in [7, 11) is 0. The normalized spacial score (nSPS) is 35.6. The highest BCUT2D eigenvalue weighted by molar-refractivity contribution is 6.22. The van der Waals surface area contributed by atoms with Crippen molar-refractivity contribution in [3.8, 4) is 0 Å². The van der Waals surface area contributed by atoms with Gasteiger partial charge in [-0.3, -0.25) is 14.4 Å². The van der Waals surface area contributed by atoms with E-state index in [4.69, 9.17) is 11.6 Å². The van der Waals surface area contributed by atoms with Crippen molar-refractivity contribution >= 4 is 35.4 Å². The molecule has 0 aromatic heterocycles. The summed E-state index contributed by atoms with van der Waals surface area (Å²) >= 11 is 6.21. The molecule has 3 rings (SSSR count). The Bertz CT molecular complexity index is 952. The molecule has 0 spiro atoms. The number of carbonyl (C=O) groups is 4. The van der Waals surface area contributed by atoms with E-state index >= 15 is 0 Å². The standard InChI is InChI=1S/C27H40ClF3N2O6/c1-25(2)18(10-11-26(25,3)24(38)39)22(35)33-20(23(36)37)12-14-4-7-16(8-5-14)32-21(34)17-13-15(27(29,30)31)6-9-19(17)28/h14-20H,4-13H2,1-3H3,(H,32,34)(H,33,35)(H,36,37)(H,38,39)/t14?,15?,16?,17?,18-,19?,20+,26+/m1/s1. The minimum Gasteiger partial charge on any atom is -0.481 e.